The molecule has 0 bridgehead atoms. The number of aromatic amines is 2. The molecule has 2 aromatic rings. The summed E-state index contributed by atoms with van der Waals surface area (Å²) in [7, 11) is -3.70. The predicted molar refractivity (Wildman–Crippen MR) is 99.6 cm³/mol. The molecule has 4 N–H and O–H groups in total. The van der Waals surface area contributed by atoms with Gasteiger partial charge in [0.15, 0.2) is 0 Å². The molecule has 2 fully saturated rings. The van der Waals surface area contributed by atoms with Crippen LogP contribution in [0.5, 0.6) is 0 Å². The van der Waals surface area contributed by atoms with Crippen LogP contribution in [0.1, 0.15) is 25.7 Å². The maximum absolute atomic E-state index is 12.9. The third-order valence-electron chi connectivity index (χ3n) is 5.57. The lowest BCUT2D eigenvalue weighted by atomic mass is 9.97. The molecule has 4 rings (SSSR count). The van der Waals surface area contributed by atoms with Crippen molar-refractivity contribution in [3.8, 4) is 0 Å². The van der Waals surface area contributed by atoms with Crippen molar-refractivity contribution in [2.75, 3.05) is 26.2 Å². The summed E-state index contributed by atoms with van der Waals surface area (Å²) in [4.78, 5) is 31.0. The SMILES string of the molecule is NC1(C(=O)N2CCN(S(=O)(=O)c3ccc4[nH]c(=O)[nH]c4c3)CC2)CCCC1. The smallest absolute Gasteiger partial charge is 0.323 e. The number of nitrogens with one attached hydrogen (secondary N) is 2. The molecule has 1 amide bonds. The van der Waals surface area contributed by atoms with Gasteiger partial charge in [-0.15, -0.1) is 0 Å². The fourth-order valence-electron chi connectivity index (χ4n) is 3.99. The summed E-state index contributed by atoms with van der Waals surface area (Å²) >= 11 is 0. The van der Waals surface area contributed by atoms with Crippen LogP contribution in [-0.4, -0.2) is 65.2 Å². The Morgan fingerprint density at radius 2 is 1.67 bits per heavy atom. The van der Waals surface area contributed by atoms with Crippen LogP contribution in [-0.2, 0) is 14.8 Å². The number of hydrogen-bond acceptors (Lipinski definition) is 5. The first kappa shape index (κ1) is 18.2. The number of hydrogen-bond donors (Lipinski definition) is 3. The van der Waals surface area contributed by atoms with Gasteiger partial charge < -0.3 is 20.6 Å². The summed E-state index contributed by atoms with van der Waals surface area (Å²) in [6.07, 6.45) is 3.30. The van der Waals surface area contributed by atoms with Gasteiger partial charge in [-0.05, 0) is 31.0 Å². The van der Waals surface area contributed by atoms with Crippen LogP contribution in [0.4, 0.5) is 0 Å². The third-order valence-corrected chi connectivity index (χ3v) is 7.47. The molecule has 1 saturated carbocycles. The molecule has 1 saturated heterocycles. The number of nitrogens with two attached hydrogens (primary N) is 1. The molecular weight excluding hydrogens is 370 g/mol. The first-order chi connectivity index (χ1) is 12.8. The summed E-state index contributed by atoms with van der Waals surface area (Å²) in [6.45, 7) is 1.12. The largest absolute Gasteiger partial charge is 0.338 e. The summed E-state index contributed by atoms with van der Waals surface area (Å²) in [5.41, 5.74) is 6.08. The zero-order chi connectivity index (χ0) is 19.2. The number of aromatic nitrogens is 2. The topological polar surface area (TPSA) is 132 Å². The molecule has 0 unspecified atom stereocenters. The van der Waals surface area contributed by atoms with E-state index in [2.05, 4.69) is 9.97 Å². The quantitative estimate of drug-likeness (QED) is 0.673. The van der Waals surface area contributed by atoms with E-state index < -0.39 is 15.6 Å². The number of nitrogens with zero attached hydrogens (tertiary/aromatic N) is 2. The Morgan fingerprint density at radius 1 is 1.04 bits per heavy atom. The van der Waals surface area contributed by atoms with Crippen molar-refractivity contribution < 1.29 is 13.2 Å². The van der Waals surface area contributed by atoms with Crippen molar-refractivity contribution >= 4 is 27.0 Å². The van der Waals surface area contributed by atoms with E-state index in [1.807, 2.05) is 0 Å². The van der Waals surface area contributed by atoms with Crippen molar-refractivity contribution in [1.29, 1.82) is 0 Å². The number of sulfonamides is 1. The monoisotopic (exact) mass is 393 g/mol. The molecule has 0 atom stereocenters. The normalized spacial score (nSPS) is 21.0. The summed E-state index contributed by atoms with van der Waals surface area (Å²) in [5, 5.41) is 0. The Morgan fingerprint density at radius 3 is 2.33 bits per heavy atom. The standard InChI is InChI=1S/C17H23N5O4S/c18-17(5-1-2-6-17)15(23)21-7-9-22(10-8-21)27(25,26)12-3-4-13-14(11-12)20-16(24)19-13/h3-4,11H,1-2,5-10,18H2,(H2,19,20,24). The van der Waals surface area contributed by atoms with Crippen LogP contribution in [0.25, 0.3) is 11.0 Å². The number of piperazine rings is 1. The van der Waals surface area contributed by atoms with E-state index in [-0.39, 0.29) is 29.6 Å². The van der Waals surface area contributed by atoms with E-state index in [0.717, 1.165) is 12.8 Å². The van der Waals surface area contributed by atoms with Crippen LogP contribution in [0.3, 0.4) is 0 Å². The molecule has 0 spiro atoms. The molecule has 27 heavy (non-hydrogen) atoms. The fourth-order valence-corrected chi connectivity index (χ4v) is 5.44. The van der Waals surface area contributed by atoms with Crippen molar-refractivity contribution in [2.24, 2.45) is 5.73 Å². The van der Waals surface area contributed by atoms with Crippen LogP contribution in [0.15, 0.2) is 27.9 Å². The number of amides is 1. The molecule has 10 heteroatoms. The second kappa shape index (κ2) is 6.47. The summed E-state index contributed by atoms with van der Waals surface area (Å²) in [6, 6.07) is 4.50. The maximum Gasteiger partial charge on any atom is 0.323 e. The van der Waals surface area contributed by atoms with E-state index >= 15 is 0 Å². The highest BCUT2D eigenvalue weighted by molar-refractivity contribution is 7.89. The minimum atomic E-state index is -3.70. The number of fused-ring (bicyclic) bond motifs is 1. The molecule has 146 valence electrons. The Kier molecular flexibility index (Phi) is 4.36. The predicted octanol–water partition coefficient (Wildman–Crippen LogP) is -0.0394. The third kappa shape index (κ3) is 3.17. The van der Waals surface area contributed by atoms with Gasteiger partial charge in [-0.1, -0.05) is 12.8 Å². The van der Waals surface area contributed by atoms with Crippen molar-refractivity contribution in [3.05, 3.63) is 28.7 Å². The Labute approximate surface area is 156 Å². The zero-order valence-corrected chi connectivity index (χ0v) is 15.7. The second-order valence-electron chi connectivity index (χ2n) is 7.35. The first-order valence-corrected chi connectivity index (χ1v) is 10.5. The molecule has 2 aliphatic rings. The highest BCUT2D eigenvalue weighted by atomic mass is 32.2. The average Bonchev–Trinajstić information content (AvgIpc) is 3.26. The van der Waals surface area contributed by atoms with Gasteiger partial charge in [0.05, 0.1) is 21.5 Å². The van der Waals surface area contributed by atoms with Gasteiger partial charge in [0.1, 0.15) is 0 Å². The number of H-pyrrole nitrogens is 2. The Balaban J connectivity index is 1.49. The van der Waals surface area contributed by atoms with Crippen molar-refractivity contribution in [1.82, 2.24) is 19.2 Å². The molecular formula is C17H23N5O4S. The van der Waals surface area contributed by atoms with Gasteiger partial charge in [0.2, 0.25) is 15.9 Å². The van der Waals surface area contributed by atoms with E-state index in [4.69, 9.17) is 5.73 Å². The zero-order valence-electron chi connectivity index (χ0n) is 14.9. The van der Waals surface area contributed by atoms with Crippen LogP contribution < -0.4 is 11.4 Å². The number of carbonyl (C=O) groups is 1. The van der Waals surface area contributed by atoms with Gasteiger partial charge in [0, 0.05) is 26.2 Å². The van der Waals surface area contributed by atoms with Gasteiger partial charge in [-0.3, -0.25) is 4.79 Å². The summed E-state index contributed by atoms with van der Waals surface area (Å²) < 4.78 is 27.2. The van der Waals surface area contributed by atoms with Crippen LogP contribution in [0.2, 0.25) is 0 Å². The lowest BCUT2D eigenvalue weighted by Gasteiger charge is -2.37. The van der Waals surface area contributed by atoms with E-state index in [9.17, 15) is 18.0 Å². The average molecular weight is 393 g/mol. The molecule has 1 aromatic heterocycles. The second-order valence-corrected chi connectivity index (χ2v) is 9.28. The Hall–Kier alpha value is -2.17. The molecule has 1 aliphatic heterocycles. The number of rotatable bonds is 3. The van der Waals surface area contributed by atoms with Gasteiger partial charge >= 0.3 is 5.69 Å². The summed E-state index contributed by atoms with van der Waals surface area (Å²) in [5.74, 6) is -0.0663. The highest BCUT2D eigenvalue weighted by Gasteiger charge is 2.41. The minimum Gasteiger partial charge on any atom is -0.338 e. The van der Waals surface area contributed by atoms with Gasteiger partial charge in [0.25, 0.3) is 0 Å². The lowest BCUT2D eigenvalue weighted by Crippen LogP contribution is -2.59. The molecule has 0 radical (unpaired) electrons. The fraction of sp³-hybridized carbons (Fsp3) is 0.529. The highest BCUT2D eigenvalue weighted by Crippen LogP contribution is 2.30. The van der Waals surface area contributed by atoms with E-state index in [1.54, 1.807) is 11.0 Å². The number of imidazole rings is 1. The van der Waals surface area contributed by atoms with E-state index in [1.165, 1.54) is 16.4 Å². The maximum atomic E-state index is 12.9. The molecule has 9 nitrogen and oxygen atoms in total. The lowest BCUT2D eigenvalue weighted by molar-refractivity contribution is -0.138. The van der Waals surface area contributed by atoms with Crippen molar-refractivity contribution in [3.63, 3.8) is 0 Å². The van der Waals surface area contributed by atoms with Crippen LogP contribution in [0, 0.1) is 0 Å². The van der Waals surface area contributed by atoms with Crippen molar-refractivity contribution in [2.45, 2.75) is 36.1 Å². The van der Waals surface area contributed by atoms with E-state index in [0.29, 0.717) is 37.0 Å². The minimum absolute atomic E-state index is 0.0663. The number of benzene rings is 1. The number of carbonyl (C=O) groups excluding carboxylic acids is 1. The first-order valence-electron chi connectivity index (χ1n) is 9.10. The molecule has 2 heterocycles. The molecule has 1 aliphatic carbocycles. The Bertz CT molecular complexity index is 1030. The van der Waals surface area contributed by atoms with Gasteiger partial charge in [-0.2, -0.15) is 4.31 Å². The van der Waals surface area contributed by atoms with Gasteiger partial charge in [-0.25, -0.2) is 13.2 Å². The van der Waals surface area contributed by atoms with Crippen LogP contribution >= 0.6 is 0 Å². The molecule has 1 aromatic carbocycles.